The van der Waals surface area contributed by atoms with Crippen LogP contribution < -0.4 is 0 Å². The number of ether oxygens (including phenoxy) is 1. The second kappa shape index (κ2) is 5.53. The van der Waals surface area contributed by atoms with E-state index in [1.165, 1.54) is 6.07 Å². The van der Waals surface area contributed by atoms with Gasteiger partial charge in [0.2, 0.25) is 0 Å². The van der Waals surface area contributed by atoms with Gasteiger partial charge in [-0.1, -0.05) is 6.07 Å². The Kier molecular flexibility index (Phi) is 4.04. The molecule has 5 heteroatoms. The number of aliphatic hydroxyl groups excluding tert-OH is 1. The van der Waals surface area contributed by atoms with Crippen molar-refractivity contribution in [3.8, 4) is 0 Å². The van der Waals surface area contributed by atoms with Crippen molar-refractivity contribution in [2.45, 2.75) is 12.6 Å². The summed E-state index contributed by atoms with van der Waals surface area (Å²) in [5, 5.41) is 9.18. The summed E-state index contributed by atoms with van der Waals surface area (Å²) in [4.78, 5) is 2.01. The summed E-state index contributed by atoms with van der Waals surface area (Å²) in [7, 11) is 0. The van der Waals surface area contributed by atoms with Gasteiger partial charge in [0.25, 0.3) is 0 Å². The van der Waals surface area contributed by atoms with Gasteiger partial charge in [0, 0.05) is 13.1 Å². The van der Waals surface area contributed by atoms with E-state index in [0.29, 0.717) is 31.9 Å². The molecule has 94 valence electrons. The van der Waals surface area contributed by atoms with Crippen molar-refractivity contribution in [1.29, 1.82) is 0 Å². The van der Waals surface area contributed by atoms with Crippen molar-refractivity contribution in [3.63, 3.8) is 0 Å². The Hall–Kier alpha value is -1.04. The van der Waals surface area contributed by atoms with Gasteiger partial charge < -0.3 is 9.84 Å². The van der Waals surface area contributed by atoms with E-state index in [9.17, 15) is 13.9 Å². The lowest BCUT2D eigenvalue weighted by atomic mass is 10.1. The summed E-state index contributed by atoms with van der Waals surface area (Å²) < 4.78 is 31.1. The molecule has 0 bridgehead atoms. The molecule has 1 aliphatic rings. The van der Waals surface area contributed by atoms with Crippen LogP contribution in [0.3, 0.4) is 0 Å². The zero-order valence-electron chi connectivity index (χ0n) is 9.40. The molecule has 1 aromatic rings. The van der Waals surface area contributed by atoms with E-state index in [4.69, 9.17) is 4.74 Å². The van der Waals surface area contributed by atoms with Crippen LogP contribution in [0.2, 0.25) is 0 Å². The Balaban J connectivity index is 2.05. The second-order valence-electron chi connectivity index (χ2n) is 4.13. The Morgan fingerprint density at radius 3 is 2.88 bits per heavy atom. The first kappa shape index (κ1) is 12.4. The average Bonchev–Trinajstić information content (AvgIpc) is 2.34. The fraction of sp³-hybridized carbons (Fsp3) is 0.500. The van der Waals surface area contributed by atoms with Crippen molar-refractivity contribution in [3.05, 3.63) is 35.4 Å². The van der Waals surface area contributed by atoms with E-state index < -0.39 is 11.6 Å². The number of halogens is 2. The lowest BCUT2D eigenvalue weighted by molar-refractivity contribution is -0.0313. The Morgan fingerprint density at radius 2 is 2.18 bits per heavy atom. The average molecular weight is 243 g/mol. The summed E-state index contributed by atoms with van der Waals surface area (Å²) in [5.41, 5.74) is 0.698. The van der Waals surface area contributed by atoms with Gasteiger partial charge in [-0.25, -0.2) is 8.78 Å². The molecule has 0 radical (unpaired) electrons. The van der Waals surface area contributed by atoms with Crippen LogP contribution in [-0.4, -0.2) is 42.4 Å². The van der Waals surface area contributed by atoms with Crippen LogP contribution in [-0.2, 0) is 11.3 Å². The van der Waals surface area contributed by atoms with E-state index in [-0.39, 0.29) is 12.6 Å². The molecule has 0 spiro atoms. The molecule has 1 unspecified atom stereocenters. The van der Waals surface area contributed by atoms with Crippen molar-refractivity contribution < 1.29 is 18.6 Å². The summed E-state index contributed by atoms with van der Waals surface area (Å²) in [5.74, 6) is -1.68. The Bertz CT molecular complexity index is 387. The number of aliphatic hydroxyl groups is 1. The van der Waals surface area contributed by atoms with Crippen molar-refractivity contribution >= 4 is 0 Å². The number of benzene rings is 1. The van der Waals surface area contributed by atoms with Crippen molar-refractivity contribution in [2.24, 2.45) is 0 Å². The smallest absolute Gasteiger partial charge is 0.159 e. The van der Waals surface area contributed by atoms with Gasteiger partial charge in [0.05, 0.1) is 25.9 Å². The minimum Gasteiger partial charge on any atom is -0.395 e. The highest BCUT2D eigenvalue weighted by atomic mass is 19.2. The molecule has 2 rings (SSSR count). The fourth-order valence-electron chi connectivity index (χ4n) is 1.94. The highest BCUT2D eigenvalue weighted by molar-refractivity contribution is 5.17. The molecule has 1 saturated heterocycles. The van der Waals surface area contributed by atoms with Crippen LogP contribution in [0.15, 0.2) is 18.2 Å². The maximum Gasteiger partial charge on any atom is 0.159 e. The van der Waals surface area contributed by atoms with Crippen LogP contribution >= 0.6 is 0 Å². The molecule has 1 N–H and O–H groups in total. The van der Waals surface area contributed by atoms with Gasteiger partial charge in [-0.3, -0.25) is 4.90 Å². The Morgan fingerprint density at radius 1 is 1.35 bits per heavy atom. The standard InChI is InChI=1S/C12H15F2NO2/c13-11-2-1-9(5-12(11)14)6-15-3-4-17-8-10(15)7-16/h1-2,5,10,16H,3-4,6-8H2. The minimum absolute atomic E-state index is 0.00365. The molecular formula is C12H15F2NO2. The van der Waals surface area contributed by atoms with Crippen molar-refractivity contribution in [2.75, 3.05) is 26.4 Å². The molecular weight excluding hydrogens is 228 g/mol. The maximum atomic E-state index is 13.0. The topological polar surface area (TPSA) is 32.7 Å². The molecule has 1 aliphatic heterocycles. The third kappa shape index (κ3) is 3.00. The number of nitrogens with zero attached hydrogens (tertiary/aromatic N) is 1. The molecule has 0 aromatic heterocycles. The monoisotopic (exact) mass is 243 g/mol. The van der Waals surface area contributed by atoms with Gasteiger partial charge >= 0.3 is 0 Å². The molecule has 1 heterocycles. The number of hydrogen-bond donors (Lipinski definition) is 1. The lowest BCUT2D eigenvalue weighted by Gasteiger charge is -2.34. The molecule has 3 nitrogen and oxygen atoms in total. The summed E-state index contributed by atoms with van der Waals surface area (Å²) in [6, 6.07) is 3.80. The van der Waals surface area contributed by atoms with Crippen LogP contribution in [0.1, 0.15) is 5.56 Å². The van der Waals surface area contributed by atoms with Crippen molar-refractivity contribution in [1.82, 2.24) is 4.90 Å². The summed E-state index contributed by atoms with van der Waals surface area (Å²) in [6.45, 7) is 2.25. The van der Waals surface area contributed by atoms with Gasteiger partial charge in [0.1, 0.15) is 0 Å². The van der Waals surface area contributed by atoms with E-state index in [1.807, 2.05) is 4.90 Å². The van der Waals surface area contributed by atoms with Gasteiger partial charge in [-0.2, -0.15) is 0 Å². The molecule has 0 amide bonds. The summed E-state index contributed by atoms with van der Waals surface area (Å²) in [6.07, 6.45) is 0. The van der Waals surface area contributed by atoms with Gasteiger partial charge in [0.15, 0.2) is 11.6 Å². The third-order valence-corrected chi connectivity index (χ3v) is 2.93. The number of morpholine rings is 1. The second-order valence-corrected chi connectivity index (χ2v) is 4.13. The highest BCUT2D eigenvalue weighted by Crippen LogP contribution is 2.14. The molecule has 1 fully saturated rings. The SMILES string of the molecule is OCC1COCCN1Cc1ccc(F)c(F)c1. The van der Waals surface area contributed by atoms with Crippen LogP contribution in [0.5, 0.6) is 0 Å². The van der Waals surface area contributed by atoms with E-state index in [0.717, 1.165) is 6.07 Å². The van der Waals surface area contributed by atoms with E-state index >= 15 is 0 Å². The first-order chi connectivity index (χ1) is 8.20. The third-order valence-electron chi connectivity index (χ3n) is 2.93. The largest absolute Gasteiger partial charge is 0.395 e. The zero-order valence-corrected chi connectivity index (χ0v) is 9.40. The first-order valence-corrected chi connectivity index (χ1v) is 5.57. The van der Waals surface area contributed by atoms with Gasteiger partial charge in [-0.15, -0.1) is 0 Å². The lowest BCUT2D eigenvalue weighted by Crippen LogP contribution is -2.46. The molecule has 17 heavy (non-hydrogen) atoms. The molecule has 1 atom stereocenters. The van der Waals surface area contributed by atoms with Crippen LogP contribution in [0, 0.1) is 11.6 Å². The predicted molar refractivity (Wildman–Crippen MR) is 58.5 cm³/mol. The first-order valence-electron chi connectivity index (χ1n) is 5.57. The maximum absolute atomic E-state index is 13.0. The van der Waals surface area contributed by atoms with Gasteiger partial charge in [-0.05, 0) is 17.7 Å². The minimum atomic E-state index is -0.838. The van der Waals surface area contributed by atoms with Crippen LogP contribution in [0.4, 0.5) is 8.78 Å². The molecule has 0 aliphatic carbocycles. The number of hydrogen-bond acceptors (Lipinski definition) is 3. The van der Waals surface area contributed by atoms with Crippen LogP contribution in [0.25, 0.3) is 0 Å². The zero-order chi connectivity index (χ0) is 12.3. The Labute approximate surface area is 98.6 Å². The normalized spacial score (nSPS) is 21.7. The quantitative estimate of drug-likeness (QED) is 0.864. The predicted octanol–water partition coefficient (Wildman–Crippen LogP) is 1.16. The fourth-order valence-corrected chi connectivity index (χ4v) is 1.94. The van der Waals surface area contributed by atoms with E-state index in [1.54, 1.807) is 6.07 Å². The summed E-state index contributed by atoms with van der Waals surface area (Å²) >= 11 is 0. The highest BCUT2D eigenvalue weighted by Gasteiger charge is 2.22. The molecule has 0 saturated carbocycles. The number of rotatable bonds is 3. The molecule has 1 aromatic carbocycles. The van der Waals surface area contributed by atoms with E-state index in [2.05, 4.69) is 0 Å².